The van der Waals surface area contributed by atoms with Gasteiger partial charge in [0.25, 0.3) is 0 Å². The lowest BCUT2D eigenvalue weighted by molar-refractivity contribution is 0.0600. The van der Waals surface area contributed by atoms with Crippen LogP contribution in [0, 0.1) is 0 Å². The second-order valence-electron chi connectivity index (χ2n) is 3.55. The predicted octanol–water partition coefficient (Wildman–Crippen LogP) is 2.39. The van der Waals surface area contributed by atoms with E-state index in [-0.39, 0.29) is 5.97 Å². The number of benzene rings is 1. The summed E-state index contributed by atoms with van der Waals surface area (Å²) in [6.45, 7) is 0. The molecule has 0 saturated heterocycles. The van der Waals surface area contributed by atoms with E-state index in [1.807, 2.05) is 36.5 Å². The third kappa shape index (κ3) is 2.14. The molecule has 0 aliphatic rings. The number of aromatic amines is 1. The number of rotatable bonds is 3. The van der Waals surface area contributed by atoms with E-state index in [0.717, 1.165) is 12.0 Å². The van der Waals surface area contributed by atoms with Crippen LogP contribution in [0.25, 0.3) is 0 Å². The molecule has 1 heterocycles. The summed E-state index contributed by atoms with van der Waals surface area (Å²) < 4.78 is 4.71. The summed E-state index contributed by atoms with van der Waals surface area (Å²) in [6, 6.07) is 10.0. The molecule has 0 fully saturated rings. The van der Waals surface area contributed by atoms with Crippen molar-refractivity contribution in [2.45, 2.75) is 6.42 Å². The minimum absolute atomic E-state index is 0.299. The molecule has 1 aromatic heterocycles. The van der Waals surface area contributed by atoms with Crippen molar-refractivity contribution in [2.24, 2.45) is 0 Å². The van der Waals surface area contributed by atoms with E-state index in [1.54, 1.807) is 6.20 Å². The lowest BCUT2D eigenvalue weighted by atomic mass is 10.0. The third-order valence-electron chi connectivity index (χ3n) is 2.47. The number of nitrogens with one attached hydrogen (secondary N) is 1. The average molecular weight is 215 g/mol. The van der Waals surface area contributed by atoms with Crippen LogP contribution in [0.2, 0.25) is 0 Å². The molecule has 0 aliphatic carbocycles. The van der Waals surface area contributed by atoms with Gasteiger partial charge in [0.2, 0.25) is 0 Å². The van der Waals surface area contributed by atoms with Crippen molar-refractivity contribution in [2.75, 3.05) is 7.11 Å². The van der Waals surface area contributed by atoms with Crippen LogP contribution in [0.4, 0.5) is 0 Å². The zero-order valence-electron chi connectivity index (χ0n) is 9.07. The molecule has 0 saturated carbocycles. The van der Waals surface area contributed by atoms with Gasteiger partial charge in [0.1, 0.15) is 0 Å². The van der Waals surface area contributed by atoms with Crippen molar-refractivity contribution in [3.8, 4) is 0 Å². The molecule has 1 aromatic carbocycles. The van der Waals surface area contributed by atoms with Gasteiger partial charge in [0.05, 0.1) is 12.7 Å². The van der Waals surface area contributed by atoms with Gasteiger partial charge in [-0.2, -0.15) is 0 Å². The molecule has 3 nitrogen and oxygen atoms in total. The van der Waals surface area contributed by atoms with Crippen LogP contribution >= 0.6 is 0 Å². The number of H-pyrrole nitrogens is 1. The molecular formula is C13H13NO2. The normalized spacial score (nSPS) is 10.1. The lowest BCUT2D eigenvalue weighted by Gasteiger charge is -2.02. The highest BCUT2D eigenvalue weighted by molar-refractivity contribution is 5.90. The van der Waals surface area contributed by atoms with E-state index in [2.05, 4.69) is 4.98 Å². The van der Waals surface area contributed by atoms with Gasteiger partial charge >= 0.3 is 5.97 Å². The Bertz CT molecular complexity index is 474. The Kier molecular flexibility index (Phi) is 3.05. The van der Waals surface area contributed by atoms with Gasteiger partial charge in [-0.25, -0.2) is 4.79 Å². The third-order valence-corrected chi connectivity index (χ3v) is 2.47. The summed E-state index contributed by atoms with van der Waals surface area (Å²) >= 11 is 0. The molecule has 0 unspecified atom stereocenters. The molecular weight excluding hydrogens is 202 g/mol. The number of esters is 1. The highest BCUT2D eigenvalue weighted by Gasteiger charge is 2.12. The van der Waals surface area contributed by atoms with E-state index in [4.69, 9.17) is 4.74 Å². The van der Waals surface area contributed by atoms with E-state index in [1.165, 1.54) is 12.7 Å². The Balaban J connectivity index is 2.22. The first-order chi connectivity index (χ1) is 7.81. The first-order valence-electron chi connectivity index (χ1n) is 5.09. The molecule has 0 spiro atoms. The van der Waals surface area contributed by atoms with Crippen LogP contribution in [-0.4, -0.2) is 18.1 Å². The van der Waals surface area contributed by atoms with E-state index < -0.39 is 0 Å². The largest absolute Gasteiger partial charge is 0.465 e. The summed E-state index contributed by atoms with van der Waals surface area (Å²) in [7, 11) is 1.39. The van der Waals surface area contributed by atoms with E-state index >= 15 is 0 Å². The molecule has 0 atom stereocenters. The molecule has 16 heavy (non-hydrogen) atoms. The van der Waals surface area contributed by atoms with Gasteiger partial charge in [-0.1, -0.05) is 30.3 Å². The second kappa shape index (κ2) is 4.66. The molecule has 1 N–H and O–H groups in total. The van der Waals surface area contributed by atoms with Crippen molar-refractivity contribution in [1.29, 1.82) is 0 Å². The monoisotopic (exact) mass is 215 g/mol. The van der Waals surface area contributed by atoms with Gasteiger partial charge in [0, 0.05) is 12.4 Å². The number of hydrogen-bond acceptors (Lipinski definition) is 2. The summed E-state index contributed by atoms with van der Waals surface area (Å²) in [5.74, 6) is -0.299. The Morgan fingerprint density at radius 2 is 2.00 bits per heavy atom. The first kappa shape index (κ1) is 10.5. The predicted molar refractivity (Wildman–Crippen MR) is 61.4 cm³/mol. The summed E-state index contributed by atoms with van der Waals surface area (Å²) in [5.41, 5.74) is 2.73. The van der Waals surface area contributed by atoms with Crippen molar-refractivity contribution >= 4 is 5.97 Å². The van der Waals surface area contributed by atoms with Crippen LogP contribution in [-0.2, 0) is 11.2 Å². The fraction of sp³-hybridized carbons (Fsp3) is 0.154. The topological polar surface area (TPSA) is 42.1 Å². The average Bonchev–Trinajstić information content (AvgIpc) is 2.77. The Hall–Kier alpha value is -2.03. The maximum absolute atomic E-state index is 11.4. The molecule has 3 heteroatoms. The fourth-order valence-corrected chi connectivity index (χ4v) is 1.66. The number of aromatic nitrogens is 1. The summed E-state index contributed by atoms with van der Waals surface area (Å²) in [6.07, 6.45) is 4.23. The number of methoxy groups -OCH3 is 1. The Morgan fingerprint density at radius 1 is 1.25 bits per heavy atom. The van der Waals surface area contributed by atoms with Gasteiger partial charge in [-0.05, 0) is 17.5 Å². The van der Waals surface area contributed by atoms with Gasteiger partial charge in [-0.15, -0.1) is 0 Å². The molecule has 0 aliphatic heterocycles. The second-order valence-corrected chi connectivity index (χ2v) is 3.55. The Labute approximate surface area is 94.1 Å². The van der Waals surface area contributed by atoms with Crippen molar-refractivity contribution in [3.63, 3.8) is 0 Å². The molecule has 2 rings (SSSR count). The van der Waals surface area contributed by atoms with Crippen molar-refractivity contribution in [1.82, 2.24) is 4.98 Å². The van der Waals surface area contributed by atoms with E-state index in [9.17, 15) is 4.79 Å². The number of ether oxygens (including phenoxy) is 1. The van der Waals surface area contributed by atoms with Gasteiger partial charge in [-0.3, -0.25) is 0 Å². The van der Waals surface area contributed by atoms with Crippen LogP contribution in [0.3, 0.4) is 0 Å². The van der Waals surface area contributed by atoms with Crippen molar-refractivity contribution in [3.05, 3.63) is 59.4 Å². The lowest BCUT2D eigenvalue weighted by Crippen LogP contribution is -2.03. The fourth-order valence-electron chi connectivity index (χ4n) is 1.66. The highest BCUT2D eigenvalue weighted by Crippen LogP contribution is 2.14. The number of hydrogen-bond donors (Lipinski definition) is 1. The summed E-state index contributed by atoms with van der Waals surface area (Å²) in [4.78, 5) is 14.4. The van der Waals surface area contributed by atoms with Crippen molar-refractivity contribution < 1.29 is 9.53 Å². The highest BCUT2D eigenvalue weighted by atomic mass is 16.5. The molecule has 2 aromatic rings. The minimum Gasteiger partial charge on any atom is -0.465 e. The van der Waals surface area contributed by atoms with Gasteiger partial charge in [0.15, 0.2) is 0 Å². The molecule has 0 amide bonds. The SMILES string of the molecule is COC(=O)c1c[nH]cc1Cc1ccccc1. The maximum atomic E-state index is 11.4. The maximum Gasteiger partial charge on any atom is 0.339 e. The van der Waals surface area contributed by atoms with Crippen LogP contribution in [0.5, 0.6) is 0 Å². The van der Waals surface area contributed by atoms with Crippen LogP contribution in [0.1, 0.15) is 21.5 Å². The number of carbonyl (C=O) groups is 1. The van der Waals surface area contributed by atoms with Gasteiger partial charge < -0.3 is 9.72 Å². The molecule has 0 radical (unpaired) electrons. The summed E-state index contributed by atoms with van der Waals surface area (Å²) in [5, 5.41) is 0. The zero-order valence-corrected chi connectivity index (χ0v) is 9.07. The number of carbonyl (C=O) groups excluding carboxylic acids is 1. The zero-order chi connectivity index (χ0) is 11.4. The quantitative estimate of drug-likeness (QED) is 0.799. The minimum atomic E-state index is -0.299. The Morgan fingerprint density at radius 3 is 2.69 bits per heavy atom. The van der Waals surface area contributed by atoms with Crippen LogP contribution < -0.4 is 0 Å². The molecule has 0 bridgehead atoms. The molecule has 82 valence electrons. The standard InChI is InChI=1S/C13H13NO2/c1-16-13(15)12-9-14-8-11(12)7-10-5-3-2-4-6-10/h2-6,8-9,14H,7H2,1H3. The first-order valence-corrected chi connectivity index (χ1v) is 5.09. The van der Waals surface area contributed by atoms with E-state index in [0.29, 0.717) is 5.56 Å². The van der Waals surface area contributed by atoms with Crippen LogP contribution in [0.15, 0.2) is 42.7 Å². The smallest absolute Gasteiger partial charge is 0.339 e.